The Morgan fingerprint density at radius 2 is 1.68 bits per heavy atom. The number of rotatable bonds is 6. The van der Waals surface area contributed by atoms with Crippen LogP contribution in [-0.2, 0) is 28.5 Å². The number of esters is 1. The molecule has 0 saturated carbocycles. The van der Waals surface area contributed by atoms with Crippen LogP contribution in [0.2, 0.25) is 0 Å². The number of methoxy groups -OCH3 is 2. The third kappa shape index (κ3) is 6.66. The Kier molecular flexibility index (Phi) is 8.84. The zero-order valence-electron chi connectivity index (χ0n) is 20.2. The van der Waals surface area contributed by atoms with Gasteiger partial charge in [0.15, 0.2) is 25.2 Å². The summed E-state index contributed by atoms with van der Waals surface area (Å²) in [5.74, 6) is -0.938. The smallest absolute Gasteiger partial charge is 0.342 e. The molecule has 0 aliphatic carbocycles. The number of fused-ring (bicyclic) bond motifs is 2. The van der Waals surface area contributed by atoms with E-state index in [4.69, 9.17) is 33.2 Å². The number of hydrogen-bond acceptors (Lipinski definition) is 9. The molecule has 2 aliphatic rings. The average Bonchev–Trinajstić information content (AvgIpc) is 3.09. The fourth-order valence-electron chi connectivity index (χ4n) is 3.75. The molecule has 2 aliphatic heterocycles. The lowest BCUT2D eigenvalue weighted by Crippen LogP contribution is -2.30. The third-order valence-corrected chi connectivity index (χ3v) is 5.17. The molecular formula is C25H32O9. The number of hydrogen-bond donors (Lipinski definition) is 0. The summed E-state index contributed by atoms with van der Waals surface area (Å²) in [4.78, 5) is 25.9. The van der Waals surface area contributed by atoms with Crippen molar-refractivity contribution in [1.82, 2.24) is 0 Å². The monoisotopic (exact) mass is 476 g/mol. The van der Waals surface area contributed by atoms with Crippen LogP contribution in [0.4, 0.5) is 0 Å². The summed E-state index contributed by atoms with van der Waals surface area (Å²) >= 11 is 0. The maximum Gasteiger partial charge on any atom is 0.342 e. The molecule has 9 heteroatoms. The minimum atomic E-state index is -0.882. The number of ether oxygens (including phenoxy) is 7. The maximum atomic E-state index is 13.1. The largest absolute Gasteiger partial charge is 0.467 e. The lowest BCUT2D eigenvalue weighted by Gasteiger charge is -2.18. The molecule has 0 amide bonds. The molecule has 34 heavy (non-hydrogen) atoms. The predicted octanol–water partition coefficient (Wildman–Crippen LogP) is 3.65. The highest BCUT2D eigenvalue weighted by molar-refractivity contribution is 5.97. The van der Waals surface area contributed by atoms with E-state index in [1.807, 2.05) is 6.08 Å². The third-order valence-electron chi connectivity index (χ3n) is 5.17. The molecule has 0 aromatic heterocycles. The lowest BCUT2D eigenvalue weighted by molar-refractivity contribution is -0.152. The summed E-state index contributed by atoms with van der Waals surface area (Å²) in [6.07, 6.45) is 5.76. The van der Waals surface area contributed by atoms with E-state index < -0.39 is 30.1 Å². The minimum absolute atomic E-state index is 0.0200. The first-order valence-electron chi connectivity index (χ1n) is 11.1. The summed E-state index contributed by atoms with van der Waals surface area (Å²) < 4.78 is 38.8. The predicted molar refractivity (Wildman–Crippen MR) is 123 cm³/mol. The quantitative estimate of drug-likeness (QED) is 0.450. The van der Waals surface area contributed by atoms with Crippen molar-refractivity contribution in [3.63, 3.8) is 0 Å². The minimum Gasteiger partial charge on any atom is -0.467 e. The fraction of sp³-hybridized carbons (Fsp3) is 0.520. The van der Waals surface area contributed by atoms with Crippen LogP contribution in [0.1, 0.15) is 49.5 Å². The van der Waals surface area contributed by atoms with Crippen LogP contribution in [0.3, 0.4) is 0 Å². The molecular weight excluding hydrogens is 444 g/mol. The lowest BCUT2D eigenvalue weighted by atomic mass is 10.0. The Balaban J connectivity index is 2.03. The Morgan fingerprint density at radius 1 is 0.971 bits per heavy atom. The number of ketones is 1. The molecule has 0 radical (unpaired) electrons. The average molecular weight is 477 g/mol. The molecule has 0 N–H and O–H groups in total. The Labute approximate surface area is 199 Å². The Hall–Kier alpha value is -2.72. The summed E-state index contributed by atoms with van der Waals surface area (Å²) in [6.45, 7) is 5.25. The van der Waals surface area contributed by atoms with E-state index in [0.717, 1.165) is 0 Å². The highest BCUT2D eigenvalue weighted by Crippen LogP contribution is 2.34. The fourth-order valence-corrected chi connectivity index (χ4v) is 3.75. The van der Waals surface area contributed by atoms with Gasteiger partial charge in [-0.15, -0.1) is 0 Å². The van der Waals surface area contributed by atoms with Gasteiger partial charge in [0.05, 0.1) is 6.10 Å². The van der Waals surface area contributed by atoms with Crippen molar-refractivity contribution in [2.24, 2.45) is 0 Å². The van der Waals surface area contributed by atoms with E-state index in [1.165, 1.54) is 20.3 Å². The second kappa shape index (κ2) is 11.6. The molecule has 9 nitrogen and oxygen atoms in total. The van der Waals surface area contributed by atoms with Crippen molar-refractivity contribution in [3.8, 4) is 11.5 Å². The van der Waals surface area contributed by atoms with Gasteiger partial charge in [-0.1, -0.05) is 18.2 Å². The van der Waals surface area contributed by atoms with Gasteiger partial charge < -0.3 is 33.2 Å². The van der Waals surface area contributed by atoms with Gasteiger partial charge in [0, 0.05) is 26.7 Å². The zero-order chi connectivity index (χ0) is 24.7. The molecule has 1 saturated heterocycles. The maximum absolute atomic E-state index is 13.1. The number of benzene rings is 1. The Morgan fingerprint density at radius 3 is 2.41 bits per heavy atom. The second-order valence-corrected chi connectivity index (χ2v) is 8.48. The molecule has 186 valence electrons. The van der Waals surface area contributed by atoms with Crippen molar-refractivity contribution in [1.29, 1.82) is 0 Å². The van der Waals surface area contributed by atoms with Crippen molar-refractivity contribution in [3.05, 3.63) is 41.5 Å². The van der Waals surface area contributed by atoms with Crippen molar-refractivity contribution in [2.45, 2.75) is 57.7 Å². The normalized spacial score (nSPS) is 26.6. The van der Waals surface area contributed by atoms with Gasteiger partial charge >= 0.3 is 5.97 Å². The molecule has 0 bridgehead atoms. The van der Waals surface area contributed by atoms with E-state index in [9.17, 15) is 9.59 Å². The van der Waals surface area contributed by atoms with Crippen LogP contribution >= 0.6 is 0 Å². The summed E-state index contributed by atoms with van der Waals surface area (Å²) in [7, 11) is 3.00. The van der Waals surface area contributed by atoms with E-state index in [2.05, 4.69) is 0 Å². The van der Waals surface area contributed by atoms with Gasteiger partial charge in [-0.05, 0) is 44.9 Å². The molecule has 0 spiro atoms. The number of carbonyl (C=O) groups is 2. The van der Waals surface area contributed by atoms with Crippen LogP contribution in [0.5, 0.6) is 11.5 Å². The van der Waals surface area contributed by atoms with E-state index in [-0.39, 0.29) is 30.7 Å². The topological polar surface area (TPSA) is 98.8 Å². The number of carbonyl (C=O) groups excluding carboxylic acids is 2. The SMILES string of the molecule is COCOc1cc2c(c(OCOC)c1)C(=O)O[C@@H](C)C/C=C\C(=O)[C@H]1OC(C)(C)O[C@H]1C/C=C/2. The van der Waals surface area contributed by atoms with Crippen LogP contribution in [0, 0.1) is 0 Å². The van der Waals surface area contributed by atoms with E-state index in [1.54, 1.807) is 45.1 Å². The summed E-state index contributed by atoms with van der Waals surface area (Å²) in [5, 5.41) is 0. The first-order valence-corrected chi connectivity index (χ1v) is 11.1. The molecule has 1 fully saturated rings. The van der Waals surface area contributed by atoms with Gasteiger partial charge in [0.2, 0.25) is 0 Å². The standard InChI is InChI=1S/C25H32O9/c1-16-8-6-10-19(26)23-20(33-25(2,3)34-23)11-7-9-17-12-18(30-14-28-4)13-21(31-15-29-5)22(17)24(27)32-16/h6-7,9-10,12-13,16,20,23H,8,11,14-15H2,1-5H3/b9-7+,10-6-/t16-,20-,23+/m0/s1. The van der Waals surface area contributed by atoms with Gasteiger partial charge in [0.25, 0.3) is 0 Å². The molecule has 2 heterocycles. The van der Waals surface area contributed by atoms with Gasteiger partial charge in [-0.3, -0.25) is 4.79 Å². The van der Waals surface area contributed by atoms with Crippen molar-refractivity contribution < 1.29 is 42.7 Å². The molecule has 3 rings (SSSR count). The van der Waals surface area contributed by atoms with Gasteiger partial charge in [-0.25, -0.2) is 4.79 Å². The first-order chi connectivity index (χ1) is 16.2. The highest BCUT2D eigenvalue weighted by Gasteiger charge is 2.43. The summed E-state index contributed by atoms with van der Waals surface area (Å²) in [5.41, 5.74) is 0.757. The zero-order valence-corrected chi connectivity index (χ0v) is 20.2. The molecule has 3 atom stereocenters. The van der Waals surface area contributed by atoms with Crippen LogP contribution in [0.15, 0.2) is 30.4 Å². The number of cyclic esters (lactones) is 1. The second-order valence-electron chi connectivity index (χ2n) is 8.48. The summed E-state index contributed by atoms with van der Waals surface area (Å²) in [6, 6.07) is 3.28. The molecule has 1 aromatic carbocycles. The Bertz CT molecular complexity index is 935. The van der Waals surface area contributed by atoms with Crippen molar-refractivity contribution >= 4 is 17.8 Å². The van der Waals surface area contributed by atoms with Gasteiger partial charge in [0.1, 0.15) is 29.3 Å². The van der Waals surface area contributed by atoms with E-state index in [0.29, 0.717) is 24.2 Å². The molecule has 1 aromatic rings. The van der Waals surface area contributed by atoms with Crippen LogP contribution in [0.25, 0.3) is 6.08 Å². The van der Waals surface area contributed by atoms with Gasteiger partial charge in [-0.2, -0.15) is 0 Å². The van der Waals surface area contributed by atoms with E-state index >= 15 is 0 Å². The molecule has 0 unspecified atom stereocenters. The van der Waals surface area contributed by atoms with Crippen LogP contribution in [-0.4, -0.2) is 63.7 Å². The van der Waals surface area contributed by atoms with Crippen LogP contribution < -0.4 is 9.47 Å². The van der Waals surface area contributed by atoms with Crippen molar-refractivity contribution in [2.75, 3.05) is 27.8 Å². The first kappa shape index (κ1) is 25.9. The highest BCUT2D eigenvalue weighted by atomic mass is 16.8.